The molecule has 0 atom stereocenters. The molecule has 0 unspecified atom stereocenters. The predicted molar refractivity (Wildman–Crippen MR) is 201 cm³/mol. The molecular weight excluding hydrogens is 585 g/mol. The Kier molecular flexibility index (Phi) is 5.00. The van der Waals surface area contributed by atoms with Gasteiger partial charge in [0.05, 0.1) is 6.85 Å². The molecule has 9 aromatic rings. The van der Waals surface area contributed by atoms with Gasteiger partial charge in [0.15, 0.2) is 0 Å². The predicted octanol–water partition coefficient (Wildman–Crippen LogP) is 12.7. The molecule has 0 saturated heterocycles. The Hall–Kier alpha value is -5.37. The Labute approximate surface area is 285 Å². The summed E-state index contributed by atoms with van der Waals surface area (Å²) < 4.78 is 42.7. The lowest BCUT2D eigenvalue weighted by Crippen LogP contribution is -1.98. The van der Waals surface area contributed by atoms with Crippen molar-refractivity contribution < 1.29 is 6.85 Å². The average Bonchev–Trinajstić information content (AvgIpc) is 3.16. The first-order valence-corrected chi connectivity index (χ1v) is 16.8. The second-order valence-corrected chi connectivity index (χ2v) is 13.6. The molecule has 47 heavy (non-hydrogen) atoms. The lowest BCUT2D eigenvalue weighted by Gasteiger charge is -2.21. The molecule has 0 amide bonds. The molecule has 10 rings (SSSR count). The van der Waals surface area contributed by atoms with Gasteiger partial charge in [-0.2, -0.15) is 0 Å². The molecule has 1 aliphatic rings. The van der Waals surface area contributed by atoms with Crippen molar-refractivity contribution in [3.8, 4) is 22.3 Å². The van der Waals surface area contributed by atoms with Crippen molar-refractivity contribution in [1.29, 1.82) is 0 Å². The molecule has 1 heterocycles. The van der Waals surface area contributed by atoms with Crippen LogP contribution in [0.5, 0.6) is 0 Å². The minimum Gasteiger partial charge on any atom is -0.0888 e. The van der Waals surface area contributed by atoms with Crippen LogP contribution >= 0.6 is 11.8 Å². The van der Waals surface area contributed by atoms with Crippen LogP contribution in [0.4, 0.5) is 0 Å². The summed E-state index contributed by atoms with van der Waals surface area (Å²) >= 11 is 1.81. The van der Waals surface area contributed by atoms with Crippen molar-refractivity contribution in [2.24, 2.45) is 0 Å². The molecule has 0 saturated carbocycles. The van der Waals surface area contributed by atoms with E-state index >= 15 is 0 Å². The van der Waals surface area contributed by atoms with Gasteiger partial charge < -0.3 is 0 Å². The van der Waals surface area contributed by atoms with Gasteiger partial charge in [-0.25, -0.2) is 0 Å². The Bertz CT molecular complexity index is 2900. The number of fused-ring (bicyclic) bond motifs is 2. The van der Waals surface area contributed by atoms with Crippen molar-refractivity contribution in [2.75, 3.05) is 0 Å². The summed E-state index contributed by atoms with van der Waals surface area (Å²) in [5.74, 6) is 0. The molecule has 0 aromatic heterocycles. The van der Waals surface area contributed by atoms with E-state index in [1.54, 1.807) is 0 Å². The summed E-state index contributed by atoms with van der Waals surface area (Å²) in [7, 11) is 0. The van der Waals surface area contributed by atoms with E-state index in [9.17, 15) is 0 Å². The fourth-order valence-corrected chi connectivity index (χ4v) is 8.76. The molecule has 0 fully saturated rings. The van der Waals surface area contributed by atoms with Gasteiger partial charge in [0.2, 0.25) is 0 Å². The highest BCUT2D eigenvalue weighted by molar-refractivity contribution is 7.99. The van der Waals surface area contributed by atoms with Crippen molar-refractivity contribution in [3.05, 3.63) is 180 Å². The highest BCUT2D eigenvalue weighted by Crippen LogP contribution is 2.48. The van der Waals surface area contributed by atoms with Gasteiger partial charge in [0.1, 0.15) is 0 Å². The molecule has 1 aliphatic heterocycles. The Morgan fingerprint density at radius 1 is 0.447 bits per heavy atom. The largest absolute Gasteiger partial charge is 0.0888 e. The van der Waals surface area contributed by atoms with Crippen LogP contribution in [0.25, 0.3) is 65.3 Å². The molecule has 0 aliphatic carbocycles. The van der Waals surface area contributed by atoms with Crippen molar-refractivity contribution in [3.63, 3.8) is 0 Å². The summed E-state index contributed by atoms with van der Waals surface area (Å²) in [6.45, 7) is 0. The van der Waals surface area contributed by atoms with Crippen molar-refractivity contribution in [2.45, 2.75) is 22.6 Å². The summed E-state index contributed by atoms with van der Waals surface area (Å²) in [6.07, 6.45) is 1.26. The van der Waals surface area contributed by atoms with Crippen molar-refractivity contribution >= 4 is 54.9 Å². The van der Waals surface area contributed by atoms with Gasteiger partial charge in [0, 0.05) is 15.2 Å². The third kappa shape index (κ3) is 4.46. The zero-order valence-corrected chi connectivity index (χ0v) is 26.3. The molecule has 0 spiro atoms. The van der Waals surface area contributed by atoms with Crippen LogP contribution in [-0.2, 0) is 12.8 Å². The summed E-state index contributed by atoms with van der Waals surface area (Å²) in [6, 6.07) is 44.2. The second-order valence-electron chi connectivity index (χ2n) is 12.6. The van der Waals surface area contributed by atoms with Crippen LogP contribution in [0.1, 0.15) is 29.1 Å². The van der Waals surface area contributed by atoms with Gasteiger partial charge in [-0.05, 0) is 113 Å². The molecular formula is C46H30S. The monoisotopic (exact) mass is 619 g/mol. The maximum Gasteiger partial charge on any atom is 0.0629 e. The summed E-state index contributed by atoms with van der Waals surface area (Å²) in [5.41, 5.74) is 7.73. The molecule has 0 radical (unpaired) electrons. The SMILES string of the molecule is [2H]c1c([2H])c([2H])c(-c2cc(Cc3ccc4c(c3)-c3cccc5cccc(c35)S4)cc(Cc3ccc4ccc5cccc6ccc3c4c56)c2)c([2H])c1[2H]. The summed E-state index contributed by atoms with van der Waals surface area (Å²) in [5, 5.41) is 9.93. The third-order valence-electron chi connectivity index (χ3n) is 9.68. The van der Waals surface area contributed by atoms with Crippen LogP contribution in [0, 0.1) is 0 Å². The average molecular weight is 620 g/mol. The molecule has 9 aromatic carbocycles. The zero-order valence-electron chi connectivity index (χ0n) is 30.4. The smallest absolute Gasteiger partial charge is 0.0629 e. The molecule has 220 valence electrons. The first-order valence-electron chi connectivity index (χ1n) is 18.5. The maximum atomic E-state index is 8.83. The minimum absolute atomic E-state index is 0.186. The van der Waals surface area contributed by atoms with Crippen molar-refractivity contribution in [1.82, 2.24) is 0 Å². The zero-order chi connectivity index (χ0) is 35.2. The number of hydrogen-bond acceptors (Lipinski definition) is 1. The van der Waals surface area contributed by atoms with E-state index in [4.69, 9.17) is 6.85 Å². The quantitative estimate of drug-likeness (QED) is 0.173. The van der Waals surface area contributed by atoms with E-state index < -0.39 is 0 Å². The normalized spacial score (nSPS) is 13.8. The van der Waals surface area contributed by atoms with Crippen LogP contribution in [0.15, 0.2) is 167 Å². The Balaban J connectivity index is 1.12. The first-order chi connectivity index (χ1) is 25.3. The highest BCUT2D eigenvalue weighted by Gasteiger charge is 2.19. The van der Waals surface area contributed by atoms with Gasteiger partial charge in [-0.3, -0.25) is 0 Å². The van der Waals surface area contributed by atoms with Gasteiger partial charge in [-0.15, -0.1) is 0 Å². The maximum absolute atomic E-state index is 8.83. The fourth-order valence-electron chi connectivity index (χ4n) is 7.63. The van der Waals surface area contributed by atoms with E-state index in [0.29, 0.717) is 18.4 Å². The van der Waals surface area contributed by atoms with Crippen LogP contribution in [0.2, 0.25) is 0 Å². The van der Waals surface area contributed by atoms with Gasteiger partial charge in [-0.1, -0.05) is 151 Å². The van der Waals surface area contributed by atoms with E-state index in [1.807, 2.05) is 23.9 Å². The van der Waals surface area contributed by atoms with E-state index in [2.05, 4.69) is 115 Å². The number of hydrogen-bond donors (Lipinski definition) is 0. The highest BCUT2D eigenvalue weighted by atomic mass is 32.2. The minimum atomic E-state index is -0.382. The molecule has 0 bridgehead atoms. The molecule has 0 nitrogen and oxygen atoms in total. The topological polar surface area (TPSA) is 0 Å². The van der Waals surface area contributed by atoms with Crippen LogP contribution < -0.4 is 0 Å². The molecule has 1 heteroatoms. The lowest BCUT2D eigenvalue weighted by atomic mass is 9.88. The van der Waals surface area contributed by atoms with Crippen LogP contribution in [-0.4, -0.2) is 0 Å². The fraction of sp³-hybridized carbons (Fsp3) is 0.0435. The number of rotatable bonds is 5. The van der Waals surface area contributed by atoms with E-state index in [-0.39, 0.29) is 35.8 Å². The Morgan fingerprint density at radius 2 is 1.13 bits per heavy atom. The second kappa shape index (κ2) is 10.6. The lowest BCUT2D eigenvalue weighted by molar-refractivity contribution is 1.14. The first kappa shape index (κ1) is 22.2. The number of benzene rings is 9. The molecule has 0 N–H and O–H groups in total. The van der Waals surface area contributed by atoms with E-state index in [0.717, 1.165) is 16.7 Å². The van der Waals surface area contributed by atoms with E-state index in [1.165, 1.54) is 69.6 Å². The van der Waals surface area contributed by atoms with Gasteiger partial charge in [0.25, 0.3) is 0 Å². The Morgan fingerprint density at radius 3 is 1.96 bits per heavy atom. The van der Waals surface area contributed by atoms with Crippen LogP contribution in [0.3, 0.4) is 0 Å². The summed E-state index contributed by atoms with van der Waals surface area (Å²) in [4.78, 5) is 2.51. The standard InChI is InChI=1S/C46H30S/c1-2-7-32(8-3-1)38-26-30(23-29-15-22-42-41(28-29)40-13-5-11-33-12-6-14-43(47-42)45(33)40)24-31(27-38)25-37-19-18-36-17-16-34-9-4-10-35-20-21-39(37)46(36)44(34)35/h1-22,24,26-28H,23,25H2/i1D,2D,3D,7D,8D. The van der Waals surface area contributed by atoms with Gasteiger partial charge >= 0.3 is 0 Å². The third-order valence-corrected chi connectivity index (χ3v) is 10.8.